The monoisotopic (exact) mass is 1670 g/mol. The first-order chi connectivity index (χ1) is 73.1. The number of carbonyl (C=O) groups excluding carboxylic acids is 5. The van der Waals surface area contributed by atoms with Gasteiger partial charge in [0.1, 0.15) is 109 Å². The molecule has 5 saturated heterocycles. The second kappa shape index (κ2) is 39.4. The highest BCUT2D eigenvalue weighted by Crippen LogP contribution is 2.36. The van der Waals surface area contributed by atoms with Crippen molar-refractivity contribution in [2.24, 2.45) is 29.5 Å². The molecule has 0 spiro atoms. The Bertz CT molecular complexity index is 7560. The fourth-order valence-corrected chi connectivity index (χ4v) is 14.0. The number of aryl methyl sites for hydroxylation is 5. The Kier molecular flexibility index (Phi) is 16.0. The standard InChI is InChI=1S/5C17H22N6O/c5*1-11-5-6-23(15(24)8-18-3)9-14(11)22(4)17-13-7-12(2)21-16(13)19-10-20-17/h5*7,10-11,14H,5-6,8-9H2,1-2,4H3,(H,19,20,21)/t5*11-,14+/m11111/s1/i1D3,7D,8D2,10D,11D,14D;7D,8D2,10D,11D,14D;1D3,7D,8D2,10D,14D;1D3,4D3,7D,8D2,10D;4D3,7D,8D2,10D. The third kappa shape index (κ3) is 20.2. The van der Waals surface area contributed by atoms with E-state index in [-0.39, 0.29) is 186 Å². The molecule has 5 aliphatic rings. The number of aromatic amines is 5. The Hall–Kier alpha value is -13.1. The largest absolute Gasteiger partial charge is 0.354 e. The van der Waals surface area contributed by atoms with Crippen molar-refractivity contribution in [3.05, 3.63) is 147 Å². The number of likely N-dealkylation sites (N-methyl/N-ethyl adjacent to an activating group) is 5. The lowest BCUT2D eigenvalue weighted by atomic mass is 9.92. The van der Waals surface area contributed by atoms with E-state index in [4.69, 9.17) is 86.3 Å². The van der Waals surface area contributed by atoms with Crippen LogP contribution in [0.5, 0.6) is 0 Å². The van der Waals surface area contributed by atoms with Crippen LogP contribution in [0.2, 0.25) is 0 Å². The van der Waals surface area contributed by atoms with Gasteiger partial charge in [0.25, 0.3) is 32.5 Å². The maximum atomic E-state index is 12.6. The van der Waals surface area contributed by atoms with Gasteiger partial charge >= 0.3 is 29.5 Å². The van der Waals surface area contributed by atoms with E-state index in [0.29, 0.717) is 45.2 Å². The first-order valence-corrected chi connectivity index (χ1v) is 37.0. The van der Waals surface area contributed by atoms with Crippen molar-refractivity contribution >= 4 is 114 Å². The summed E-state index contributed by atoms with van der Waals surface area (Å²) in [5.41, 5.74) is 2.93. The predicted molar refractivity (Wildman–Crippen MR) is 463 cm³/mol. The molecule has 630 valence electrons. The zero-order chi connectivity index (χ0) is 121. The van der Waals surface area contributed by atoms with E-state index in [1.165, 1.54) is 30.9 Å². The minimum Gasteiger partial charge on any atom is -0.354 e. The Morgan fingerprint density at radius 1 is 0.383 bits per heavy atom. The van der Waals surface area contributed by atoms with Gasteiger partial charge in [-0.25, -0.2) is 82.7 Å². The highest BCUT2D eigenvalue weighted by atomic mass is 16.2. The van der Waals surface area contributed by atoms with Gasteiger partial charge in [-0.15, -0.1) is 0 Å². The van der Waals surface area contributed by atoms with Crippen LogP contribution >= 0.6 is 0 Å². The second-order valence-electron chi connectivity index (χ2n) is 28.2. The summed E-state index contributed by atoms with van der Waals surface area (Å²) < 4.78 is 323. The van der Waals surface area contributed by atoms with E-state index < -0.39 is 202 Å². The van der Waals surface area contributed by atoms with Crippen molar-refractivity contribution in [1.29, 1.82) is 0 Å². The quantitative estimate of drug-likeness (QED) is 0.0597. The molecule has 35 nitrogen and oxygen atoms in total. The topological polar surface area (TPSA) is 347 Å². The second-order valence-corrected chi connectivity index (χ2v) is 28.2. The third-order valence-electron chi connectivity index (χ3n) is 20.3. The summed E-state index contributed by atoms with van der Waals surface area (Å²) in [7, 11) is 4.18. The number of hydrogen-bond donors (Lipinski definition) is 5. The zero-order valence-corrected chi connectivity index (χ0v) is 66.7. The van der Waals surface area contributed by atoms with Crippen molar-refractivity contribution in [2.75, 3.05) is 158 Å². The molecular weight excluding hydrogens is 1520 g/mol. The van der Waals surface area contributed by atoms with Crippen LogP contribution in [-0.4, -0.2) is 292 Å². The molecule has 5 aliphatic heterocycles. The van der Waals surface area contributed by atoms with E-state index in [1.807, 2.05) is 6.92 Å². The average Bonchev–Trinajstić information content (AvgIpc) is 0.954. The normalized spacial score (nSPS) is 29.9. The molecule has 0 unspecified atom stereocenters. The molecule has 0 saturated carbocycles. The molecule has 120 heavy (non-hydrogen) atoms. The molecule has 5 fully saturated rings. The number of anilines is 5. The number of aromatic nitrogens is 15. The van der Waals surface area contributed by atoms with Gasteiger partial charge in [0.2, 0.25) is 0 Å². The van der Waals surface area contributed by atoms with Gasteiger partial charge in [-0.3, -0.25) is 24.0 Å². The molecular formula is C85H110N30O5. The van der Waals surface area contributed by atoms with Crippen LogP contribution in [0.15, 0.2) is 61.7 Å². The van der Waals surface area contributed by atoms with Gasteiger partial charge in [-0.05, 0) is 126 Å². The first-order valence-electron chi connectivity index (χ1n) is 57.0. The molecule has 10 atom stereocenters. The number of likely N-dealkylation sites (tertiary alicyclic amines) is 5. The van der Waals surface area contributed by atoms with Crippen molar-refractivity contribution < 1.29 is 78.8 Å². The molecule has 15 rings (SSSR count). The van der Waals surface area contributed by atoms with Gasteiger partial charge in [-0.2, -0.15) is 0 Å². The Morgan fingerprint density at radius 3 is 0.950 bits per heavy atom. The molecule has 15 heterocycles. The highest BCUT2D eigenvalue weighted by molar-refractivity contribution is 5.92. The van der Waals surface area contributed by atoms with Crippen molar-refractivity contribution in [1.82, 2.24) is 99.3 Å². The average molecular weight is 1670 g/mol. The summed E-state index contributed by atoms with van der Waals surface area (Å²) in [6, 6.07) is -8.43. The summed E-state index contributed by atoms with van der Waals surface area (Å²) in [6.45, 7) is 15.5. The predicted octanol–water partition coefficient (Wildman–Crippen LogP) is 9.29. The molecule has 0 radical (unpaired) electrons. The minimum atomic E-state index is -3.01. The van der Waals surface area contributed by atoms with Crippen LogP contribution in [0.25, 0.3) is 79.4 Å². The smallest absolute Gasteiger partial charge is 0.302 e. The molecule has 5 amide bonds. The lowest BCUT2D eigenvalue weighted by Gasteiger charge is -2.41. The molecule has 0 aliphatic carbocycles. The number of fused-ring (bicyclic) bond motifs is 5. The number of nitrogens with zero attached hydrogens (tertiary/aromatic N) is 25. The van der Waals surface area contributed by atoms with E-state index >= 15 is 0 Å². The van der Waals surface area contributed by atoms with Crippen molar-refractivity contribution in [3.8, 4) is 0 Å². The van der Waals surface area contributed by atoms with Crippen LogP contribution in [0.1, 0.15) is 150 Å². The molecule has 0 bridgehead atoms. The first kappa shape index (κ1) is 48.7. The number of H-pyrrole nitrogens is 5. The van der Waals surface area contributed by atoms with Crippen molar-refractivity contribution in [3.63, 3.8) is 0 Å². The zero-order valence-electron chi connectivity index (χ0n) is 107. The summed E-state index contributed by atoms with van der Waals surface area (Å²) in [6.07, 6.45) is -2.53. The summed E-state index contributed by atoms with van der Waals surface area (Å²) in [5, 5.41) is 0.765. The number of nitrogens with one attached hydrogen (secondary N) is 5. The summed E-state index contributed by atoms with van der Waals surface area (Å²) >= 11 is 0. The van der Waals surface area contributed by atoms with Crippen LogP contribution in [0.4, 0.5) is 29.1 Å². The highest BCUT2D eigenvalue weighted by Gasteiger charge is 2.39. The number of carbonyl (C=O) groups is 5. The molecule has 35 heteroatoms. The Morgan fingerprint density at radius 2 is 0.642 bits per heavy atom. The lowest BCUT2D eigenvalue weighted by molar-refractivity contribution is -0.131. The third-order valence-corrected chi connectivity index (χ3v) is 20.3. The Balaban J connectivity index is 0.000000188. The molecule has 10 aromatic heterocycles. The number of amides is 5. The van der Waals surface area contributed by atoms with Gasteiger partial charge in [-0.1, -0.05) is 34.4 Å². The summed E-state index contributed by atoms with van der Waals surface area (Å²) in [4.78, 5) is 141. The van der Waals surface area contributed by atoms with Crippen LogP contribution in [0.3, 0.4) is 0 Å². The maximum absolute atomic E-state index is 12.6. The van der Waals surface area contributed by atoms with E-state index in [1.54, 1.807) is 41.5 Å². The molecule has 10 aromatic rings. The molecule has 5 N–H and O–H groups in total. The maximum Gasteiger partial charge on any atom is 0.302 e. The lowest BCUT2D eigenvalue weighted by Crippen LogP contribution is -2.53. The summed E-state index contributed by atoms with van der Waals surface area (Å²) in [5.74, 6) is -12.7. The van der Waals surface area contributed by atoms with Gasteiger partial charge in [0.15, 0.2) is 0 Å². The fraction of sp³-hybridized carbons (Fsp3) is 0.529. The SMILES string of the molecule is [2H]c1nc(N(C)[C@@]2([2H])CN(C(=O)C([2H])([2H])[N+]#[C-])CC[C@@]2([2H])C([2H])([2H])[2H])c2c([2H])c(C)[nH]c2n1.[2H]c1nc(N(C)[C@@]2([2H])CN(C(=O)C([2H])([2H])[N+]#[C-])CC[C@@]2([2H])C)c2c([2H])c(C)[nH]c2n1.[2H]c1nc(N(C)[C@@]2([2H])CN(C(=O)C([2H])([2H])[N+]#[C-])CC[C@H]2C([2H])([2H])[2H])c2c([2H])c(C)[nH]c2n1.[2H]c1nc(N([C@H]2CN(C(=O)C([2H])([2H])[N+]#[C-])CC[C@H]2C([2H])([2H])[2H])C([2H])([2H])[2H])c2c([2H])c(C)[nH]c2n1.[2H]c1nc(N([C@H]2CN(C(=O)C([2H])([2H])[N+]#[C-])CC[C@H]2C)C([2H])([2H])[2H])c2c([2H])c(C)[nH]c2n1. The minimum absolute atomic E-state index is 0.0129. The number of piperidine rings is 5. The number of hydrogen-bond acceptors (Lipinski definition) is 20. The van der Waals surface area contributed by atoms with E-state index in [2.05, 4.69) is 99.0 Å². The number of rotatable bonds is 15. The van der Waals surface area contributed by atoms with Crippen molar-refractivity contribution in [2.45, 2.75) is 131 Å². The van der Waals surface area contributed by atoms with Crippen LogP contribution in [0, 0.1) is 97.0 Å². The van der Waals surface area contributed by atoms with E-state index in [9.17, 15) is 25.3 Å². The van der Waals surface area contributed by atoms with E-state index in [0.717, 1.165) is 34.3 Å². The van der Waals surface area contributed by atoms with Crippen LogP contribution in [-0.2, 0) is 24.0 Å². The van der Waals surface area contributed by atoms with Gasteiger partial charge < -0.3 is 98.1 Å². The van der Waals surface area contributed by atoms with Gasteiger partial charge in [0.05, 0.1) is 68.0 Å². The van der Waals surface area contributed by atoms with Crippen LogP contribution < -0.4 is 24.5 Å². The van der Waals surface area contributed by atoms with Gasteiger partial charge in [0, 0.05) is 152 Å². The Labute approximate surface area is 756 Å². The molecule has 0 aromatic carbocycles. The fourth-order valence-electron chi connectivity index (χ4n) is 14.0.